The smallest absolute Gasteiger partial charge is 0.254 e. The third-order valence-corrected chi connectivity index (χ3v) is 5.97. The molecule has 2 aromatic heterocycles. The number of nitriles is 1. The molecule has 0 bridgehead atoms. The van der Waals surface area contributed by atoms with E-state index in [-0.39, 0.29) is 11.6 Å². The summed E-state index contributed by atoms with van der Waals surface area (Å²) in [7, 11) is 0. The molecule has 0 atom stereocenters. The minimum Gasteiger partial charge on any atom is -0.368 e. The number of amides is 1. The number of hydrogen-bond donors (Lipinski definition) is 0. The SMILES string of the molecule is N#Cc1cc(C(=O)N2CCC3(CC2)OCCc2cn(-c4ccccc4)nc23)ccn1. The molecule has 1 fully saturated rings. The topological polar surface area (TPSA) is 84.0 Å². The van der Waals surface area contributed by atoms with E-state index in [0.717, 1.165) is 17.8 Å². The minimum absolute atomic E-state index is 0.0744. The Kier molecular flexibility index (Phi) is 4.57. The van der Waals surface area contributed by atoms with Crippen LogP contribution in [0.3, 0.4) is 0 Å². The lowest BCUT2D eigenvalue weighted by molar-refractivity contribution is -0.0963. The molecule has 2 aliphatic rings. The Labute approximate surface area is 174 Å². The molecule has 2 aliphatic heterocycles. The molecular formula is C23H21N5O2. The molecule has 1 aromatic carbocycles. The van der Waals surface area contributed by atoms with Crippen LogP contribution in [-0.4, -0.2) is 45.3 Å². The molecule has 3 aromatic rings. The number of rotatable bonds is 2. The maximum Gasteiger partial charge on any atom is 0.254 e. The predicted octanol–water partition coefficient (Wildman–Crippen LogP) is 2.84. The van der Waals surface area contributed by atoms with Gasteiger partial charge >= 0.3 is 0 Å². The summed E-state index contributed by atoms with van der Waals surface area (Å²) in [6.45, 7) is 1.83. The van der Waals surface area contributed by atoms with Crippen molar-refractivity contribution in [3.8, 4) is 11.8 Å². The third-order valence-electron chi connectivity index (χ3n) is 5.97. The number of ether oxygens (including phenoxy) is 1. The fourth-order valence-corrected chi connectivity index (χ4v) is 4.37. The highest BCUT2D eigenvalue weighted by molar-refractivity contribution is 5.94. The van der Waals surface area contributed by atoms with Crippen LogP contribution in [0.5, 0.6) is 0 Å². The summed E-state index contributed by atoms with van der Waals surface area (Å²) in [6, 6.07) is 15.3. The van der Waals surface area contributed by atoms with Gasteiger partial charge in [0.2, 0.25) is 0 Å². The summed E-state index contributed by atoms with van der Waals surface area (Å²) >= 11 is 0. The van der Waals surface area contributed by atoms with Gasteiger partial charge in [0.1, 0.15) is 17.4 Å². The maximum atomic E-state index is 12.9. The summed E-state index contributed by atoms with van der Waals surface area (Å²) in [6.07, 6.45) is 5.86. The number of fused-ring (bicyclic) bond motifs is 2. The number of aromatic nitrogens is 3. The van der Waals surface area contributed by atoms with Crippen LogP contribution >= 0.6 is 0 Å². The van der Waals surface area contributed by atoms with Gasteiger partial charge in [-0.1, -0.05) is 18.2 Å². The maximum absolute atomic E-state index is 12.9. The van der Waals surface area contributed by atoms with E-state index in [0.29, 0.717) is 38.1 Å². The number of likely N-dealkylation sites (tertiary alicyclic amines) is 1. The Morgan fingerprint density at radius 1 is 1.17 bits per heavy atom. The van der Waals surface area contributed by atoms with E-state index >= 15 is 0 Å². The zero-order chi connectivity index (χ0) is 20.6. The Hall–Kier alpha value is -3.50. The first kappa shape index (κ1) is 18.5. The molecular weight excluding hydrogens is 378 g/mol. The Balaban J connectivity index is 1.37. The standard InChI is InChI=1S/C23H21N5O2/c24-15-19-14-17(6-10-25-19)22(29)27-11-8-23(9-12-27)21-18(7-13-30-23)16-28(26-21)20-4-2-1-3-5-20/h1-6,10,14,16H,7-9,11-13H2. The van der Waals surface area contributed by atoms with Crippen molar-refractivity contribution in [2.24, 2.45) is 0 Å². The molecule has 0 aliphatic carbocycles. The second kappa shape index (κ2) is 7.39. The van der Waals surface area contributed by atoms with Crippen LogP contribution in [0, 0.1) is 11.3 Å². The summed E-state index contributed by atoms with van der Waals surface area (Å²) in [5.41, 5.74) is 3.55. The van der Waals surface area contributed by atoms with Crippen molar-refractivity contribution in [2.75, 3.05) is 19.7 Å². The summed E-state index contributed by atoms with van der Waals surface area (Å²) in [5, 5.41) is 13.9. The van der Waals surface area contributed by atoms with Gasteiger partial charge < -0.3 is 9.64 Å². The van der Waals surface area contributed by atoms with Gasteiger partial charge in [-0.2, -0.15) is 10.4 Å². The summed E-state index contributed by atoms with van der Waals surface area (Å²) in [4.78, 5) is 18.7. The number of hydrogen-bond acceptors (Lipinski definition) is 5. The molecule has 0 saturated carbocycles. The lowest BCUT2D eigenvalue weighted by Gasteiger charge is -2.43. The van der Waals surface area contributed by atoms with E-state index < -0.39 is 5.60 Å². The number of nitrogens with zero attached hydrogens (tertiary/aromatic N) is 5. The van der Waals surface area contributed by atoms with E-state index in [2.05, 4.69) is 11.2 Å². The van der Waals surface area contributed by atoms with Crippen molar-refractivity contribution in [3.63, 3.8) is 0 Å². The zero-order valence-corrected chi connectivity index (χ0v) is 16.5. The van der Waals surface area contributed by atoms with E-state index in [1.54, 1.807) is 12.1 Å². The average molecular weight is 399 g/mol. The monoisotopic (exact) mass is 399 g/mol. The molecule has 1 spiro atoms. The van der Waals surface area contributed by atoms with Crippen LogP contribution in [0.25, 0.3) is 5.69 Å². The fraction of sp³-hybridized carbons (Fsp3) is 0.304. The molecule has 150 valence electrons. The van der Waals surface area contributed by atoms with Crippen LogP contribution < -0.4 is 0 Å². The molecule has 7 nitrogen and oxygen atoms in total. The number of carbonyl (C=O) groups excluding carboxylic acids is 1. The van der Waals surface area contributed by atoms with Gasteiger partial charge in [0.15, 0.2) is 0 Å². The summed E-state index contributed by atoms with van der Waals surface area (Å²) < 4.78 is 8.22. The average Bonchev–Trinajstić information content (AvgIpc) is 3.26. The van der Waals surface area contributed by atoms with Gasteiger partial charge in [-0.3, -0.25) is 4.79 Å². The van der Waals surface area contributed by atoms with E-state index in [1.807, 2.05) is 46.0 Å². The Morgan fingerprint density at radius 2 is 1.97 bits per heavy atom. The lowest BCUT2D eigenvalue weighted by atomic mass is 9.83. The number of benzene rings is 1. The third kappa shape index (κ3) is 3.15. The minimum atomic E-state index is -0.444. The van der Waals surface area contributed by atoms with Crippen molar-refractivity contribution in [3.05, 3.63) is 77.4 Å². The van der Waals surface area contributed by atoms with Gasteiger partial charge in [-0.05, 0) is 49.1 Å². The molecule has 30 heavy (non-hydrogen) atoms. The van der Waals surface area contributed by atoms with Crippen molar-refractivity contribution < 1.29 is 9.53 Å². The first-order valence-corrected chi connectivity index (χ1v) is 10.1. The van der Waals surface area contributed by atoms with Gasteiger partial charge in [0, 0.05) is 31.0 Å². The second-order valence-electron chi connectivity index (χ2n) is 7.71. The number of pyridine rings is 1. The van der Waals surface area contributed by atoms with Crippen LogP contribution in [0.4, 0.5) is 0 Å². The van der Waals surface area contributed by atoms with Crippen LogP contribution in [-0.2, 0) is 16.8 Å². The van der Waals surface area contributed by atoms with E-state index in [4.69, 9.17) is 15.1 Å². The van der Waals surface area contributed by atoms with Crippen LogP contribution in [0.2, 0.25) is 0 Å². The molecule has 4 heterocycles. The van der Waals surface area contributed by atoms with Crippen molar-refractivity contribution in [1.29, 1.82) is 5.26 Å². The molecule has 7 heteroatoms. The highest BCUT2D eigenvalue weighted by Gasteiger charge is 2.44. The van der Waals surface area contributed by atoms with Gasteiger partial charge in [-0.15, -0.1) is 0 Å². The van der Waals surface area contributed by atoms with Crippen molar-refractivity contribution in [2.45, 2.75) is 24.9 Å². The first-order valence-electron chi connectivity index (χ1n) is 10.1. The zero-order valence-electron chi connectivity index (χ0n) is 16.5. The van der Waals surface area contributed by atoms with Crippen LogP contribution in [0.1, 0.15) is 40.2 Å². The van der Waals surface area contributed by atoms with Crippen molar-refractivity contribution in [1.82, 2.24) is 19.7 Å². The molecule has 0 radical (unpaired) electrons. The quantitative estimate of drug-likeness (QED) is 0.662. The van der Waals surface area contributed by atoms with E-state index in [1.165, 1.54) is 11.8 Å². The first-order chi connectivity index (χ1) is 14.7. The second-order valence-corrected chi connectivity index (χ2v) is 7.71. The summed E-state index contributed by atoms with van der Waals surface area (Å²) in [5.74, 6) is -0.0744. The largest absolute Gasteiger partial charge is 0.368 e. The molecule has 0 N–H and O–H groups in total. The fourth-order valence-electron chi connectivity index (χ4n) is 4.37. The predicted molar refractivity (Wildman–Crippen MR) is 109 cm³/mol. The number of carbonyl (C=O) groups is 1. The highest BCUT2D eigenvalue weighted by Crippen LogP contribution is 2.41. The Bertz CT molecular complexity index is 1120. The van der Waals surface area contributed by atoms with Gasteiger partial charge in [-0.25, -0.2) is 9.67 Å². The normalized spacial score (nSPS) is 17.4. The molecule has 0 unspecified atom stereocenters. The van der Waals surface area contributed by atoms with Gasteiger partial charge in [0.05, 0.1) is 18.0 Å². The molecule has 1 amide bonds. The van der Waals surface area contributed by atoms with Crippen LogP contribution in [0.15, 0.2) is 54.9 Å². The molecule has 1 saturated heterocycles. The highest BCUT2D eigenvalue weighted by atomic mass is 16.5. The number of piperidine rings is 1. The molecule has 5 rings (SSSR count). The van der Waals surface area contributed by atoms with Gasteiger partial charge in [0.25, 0.3) is 5.91 Å². The Morgan fingerprint density at radius 3 is 2.73 bits per heavy atom. The lowest BCUT2D eigenvalue weighted by Crippen LogP contribution is -2.48. The van der Waals surface area contributed by atoms with Crippen molar-refractivity contribution >= 4 is 5.91 Å². The number of para-hydroxylation sites is 1. The van der Waals surface area contributed by atoms with E-state index in [9.17, 15) is 4.79 Å².